The average molecular weight is 348 g/mol. The topological polar surface area (TPSA) is 90.6 Å². The van der Waals surface area contributed by atoms with Gasteiger partial charge in [-0.15, -0.1) is 0 Å². The Labute approximate surface area is 146 Å². The van der Waals surface area contributed by atoms with Gasteiger partial charge in [0.15, 0.2) is 6.73 Å². The van der Waals surface area contributed by atoms with E-state index < -0.39 is 16.9 Å². The van der Waals surface area contributed by atoms with Crippen molar-refractivity contribution in [1.82, 2.24) is 9.55 Å². The molecule has 0 fully saturated rings. The number of esters is 1. The number of hydrogen-bond acceptors (Lipinski definition) is 6. The number of hydrogen-bond donors (Lipinski definition) is 1. The normalized spacial score (nSPS) is 11.5. The van der Waals surface area contributed by atoms with Gasteiger partial charge in [-0.05, 0) is 27.2 Å². The second kappa shape index (κ2) is 7.55. The molecule has 7 heteroatoms. The summed E-state index contributed by atoms with van der Waals surface area (Å²) in [7, 11) is 0. The van der Waals surface area contributed by atoms with Gasteiger partial charge in [0, 0.05) is 12.1 Å². The van der Waals surface area contributed by atoms with Gasteiger partial charge in [0.2, 0.25) is 0 Å². The van der Waals surface area contributed by atoms with Crippen LogP contribution in [0.3, 0.4) is 0 Å². The molecule has 0 aliphatic rings. The average Bonchev–Trinajstić information content (AvgIpc) is 2.53. The smallest absolute Gasteiger partial charge is 0.312 e. The minimum atomic E-state index is -0.666. The first-order valence-corrected chi connectivity index (χ1v) is 8.26. The summed E-state index contributed by atoms with van der Waals surface area (Å²) in [6.07, 6.45) is 3.18. The zero-order valence-electron chi connectivity index (χ0n) is 15.0. The van der Waals surface area contributed by atoms with Crippen molar-refractivity contribution in [1.29, 1.82) is 0 Å². The number of phenols is 1. The molecule has 2 aromatic rings. The number of nitrogens with zero attached hydrogens (tertiary/aromatic N) is 2. The summed E-state index contributed by atoms with van der Waals surface area (Å²) in [5.41, 5.74) is -0.819. The first-order valence-electron chi connectivity index (χ1n) is 8.26. The summed E-state index contributed by atoms with van der Waals surface area (Å²) in [6.45, 7) is 7.50. The molecule has 0 aliphatic heterocycles. The molecule has 0 spiro atoms. The van der Waals surface area contributed by atoms with Crippen molar-refractivity contribution >= 4 is 16.9 Å². The third-order valence-corrected chi connectivity index (χ3v) is 3.59. The number of unbranched alkanes of at least 4 members (excludes halogenated alkanes) is 1. The quantitative estimate of drug-likeness (QED) is 0.638. The van der Waals surface area contributed by atoms with Crippen LogP contribution >= 0.6 is 0 Å². The van der Waals surface area contributed by atoms with Gasteiger partial charge in [0.1, 0.15) is 23.2 Å². The van der Waals surface area contributed by atoms with Crippen LogP contribution in [0.1, 0.15) is 40.5 Å². The lowest BCUT2D eigenvalue weighted by molar-refractivity contribution is -0.157. The van der Waals surface area contributed by atoms with Crippen LogP contribution in [-0.4, -0.2) is 27.2 Å². The molecule has 0 saturated heterocycles. The molecule has 25 heavy (non-hydrogen) atoms. The lowest BCUT2D eigenvalue weighted by atomic mass is 9.98. The van der Waals surface area contributed by atoms with Crippen LogP contribution < -0.4 is 10.3 Å². The van der Waals surface area contributed by atoms with E-state index in [1.807, 2.05) is 0 Å². The number of carbonyl (C=O) groups is 1. The van der Waals surface area contributed by atoms with Gasteiger partial charge in [-0.2, -0.15) is 0 Å². The van der Waals surface area contributed by atoms with E-state index in [1.165, 1.54) is 12.4 Å². The fourth-order valence-electron chi connectivity index (χ4n) is 2.09. The Morgan fingerprint density at radius 3 is 2.68 bits per heavy atom. The molecule has 7 nitrogen and oxygen atoms in total. The van der Waals surface area contributed by atoms with Crippen LogP contribution in [0.4, 0.5) is 0 Å². The second-order valence-electron chi connectivity index (χ2n) is 6.87. The Hall–Kier alpha value is -2.57. The summed E-state index contributed by atoms with van der Waals surface area (Å²) in [4.78, 5) is 28.5. The summed E-state index contributed by atoms with van der Waals surface area (Å²) >= 11 is 0. The maximum absolute atomic E-state index is 12.5. The van der Waals surface area contributed by atoms with Gasteiger partial charge in [-0.1, -0.05) is 13.3 Å². The lowest BCUT2D eigenvalue weighted by Crippen LogP contribution is -2.28. The SMILES string of the molecule is CCCCOc1cc(O)c2c(=O)n(COC(=O)C(C)(C)C)cnc2c1. The third-order valence-electron chi connectivity index (χ3n) is 3.59. The highest BCUT2D eigenvalue weighted by Gasteiger charge is 2.23. The molecule has 2 rings (SSSR count). The van der Waals surface area contributed by atoms with Crippen molar-refractivity contribution in [2.75, 3.05) is 6.61 Å². The van der Waals surface area contributed by atoms with E-state index in [4.69, 9.17) is 9.47 Å². The van der Waals surface area contributed by atoms with E-state index in [9.17, 15) is 14.7 Å². The maximum Gasteiger partial charge on any atom is 0.312 e. The molecule has 0 radical (unpaired) electrons. The number of ether oxygens (including phenoxy) is 2. The number of rotatable bonds is 6. The van der Waals surface area contributed by atoms with Gasteiger partial charge >= 0.3 is 5.97 Å². The minimum absolute atomic E-state index is 0.0668. The molecule has 136 valence electrons. The molecular formula is C18H24N2O5. The fourth-order valence-corrected chi connectivity index (χ4v) is 2.09. The van der Waals surface area contributed by atoms with Gasteiger partial charge in [-0.3, -0.25) is 14.2 Å². The zero-order valence-corrected chi connectivity index (χ0v) is 15.0. The van der Waals surface area contributed by atoms with Crippen molar-refractivity contribution in [2.45, 2.75) is 47.3 Å². The van der Waals surface area contributed by atoms with Crippen molar-refractivity contribution in [3.63, 3.8) is 0 Å². The summed E-state index contributed by atoms with van der Waals surface area (Å²) < 4.78 is 11.8. The number of carbonyl (C=O) groups excluding carboxylic acids is 1. The van der Waals surface area contributed by atoms with Crippen LogP contribution in [0.5, 0.6) is 11.5 Å². The summed E-state index contributed by atoms with van der Waals surface area (Å²) in [6, 6.07) is 3.00. The Kier molecular flexibility index (Phi) is 5.66. The lowest BCUT2D eigenvalue weighted by Gasteiger charge is -2.17. The van der Waals surface area contributed by atoms with Gasteiger partial charge < -0.3 is 14.6 Å². The molecule has 1 aromatic heterocycles. The molecule has 0 atom stereocenters. The van der Waals surface area contributed by atoms with E-state index >= 15 is 0 Å². The van der Waals surface area contributed by atoms with Crippen LogP contribution in [0.2, 0.25) is 0 Å². The fraction of sp³-hybridized carbons (Fsp3) is 0.500. The van der Waals surface area contributed by atoms with E-state index in [0.717, 1.165) is 17.4 Å². The van der Waals surface area contributed by atoms with E-state index in [-0.39, 0.29) is 17.9 Å². The number of fused-ring (bicyclic) bond motifs is 1. The van der Waals surface area contributed by atoms with Crippen molar-refractivity contribution in [3.8, 4) is 11.5 Å². The van der Waals surface area contributed by atoms with E-state index in [1.54, 1.807) is 26.8 Å². The van der Waals surface area contributed by atoms with Crippen LogP contribution in [0, 0.1) is 5.41 Å². The summed E-state index contributed by atoms with van der Waals surface area (Å²) in [5, 5.41) is 10.2. The van der Waals surface area contributed by atoms with Crippen LogP contribution in [0.15, 0.2) is 23.3 Å². The zero-order chi connectivity index (χ0) is 18.6. The van der Waals surface area contributed by atoms with E-state index in [0.29, 0.717) is 17.9 Å². The predicted octanol–water partition coefficient (Wildman–Crippen LogP) is 2.83. The molecule has 1 heterocycles. The number of aromatic hydroxyl groups is 1. The van der Waals surface area contributed by atoms with Crippen molar-refractivity contribution in [2.24, 2.45) is 5.41 Å². The van der Waals surface area contributed by atoms with Crippen molar-refractivity contribution in [3.05, 3.63) is 28.8 Å². The first-order chi connectivity index (χ1) is 11.7. The molecule has 1 N–H and O–H groups in total. The standard InChI is InChI=1S/C18H24N2O5/c1-5-6-7-24-12-8-13-15(14(21)9-12)16(22)20(10-19-13)11-25-17(23)18(2,3)4/h8-10,21H,5-7,11H2,1-4H3. The Balaban J connectivity index is 2.27. The number of aromatic nitrogens is 2. The molecular weight excluding hydrogens is 324 g/mol. The first kappa shape index (κ1) is 18.8. The van der Waals surface area contributed by atoms with E-state index in [2.05, 4.69) is 11.9 Å². The van der Waals surface area contributed by atoms with Crippen LogP contribution in [0.25, 0.3) is 10.9 Å². The maximum atomic E-state index is 12.5. The van der Waals surface area contributed by atoms with Crippen molar-refractivity contribution < 1.29 is 19.4 Å². The molecule has 0 bridgehead atoms. The molecule has 0 amide bonds. The minimum Gasteiger partial charge on any atom is -0.507 e. The van der Waals surface area contributed by atoms with Gasteiger partial charge in [-0.25, -0.2) is 4.98 Å². The highest BCUT2D eigenvalue weighted by molar-refractivity contribution is 5.85. The van der Waals surface area contributed by atoms with Gasteiger partial charge in [0.05, 0.1) is 17.5 Å². The Morgan fingerprint density at radius 1 is 1.32 bits per heavy atom. The predicted molar refractivity (Wildman–Crippen MR) is 93.6 cm³/mol. The Bertz CT molecular complexity index is 821. The van der Waals surface area contributed by atoms with Crippen LogP contribution in [-0.2, 0) is 16.3 Å². The monoisotopic (exact) mass is 348 g/mol. The number of benzene rings is 1. The Morgan fingerprint density at radius 2 is 2.04 bits per heavy atom. The third kappa shape index (κ3) is 4.49. The highest BCUT2D eigenvalue weighted by atomic mass is 16.5. The summed E-state index contributed by atoms with van der Waals surface area (Å²) in [5.74, 6) is -0.177. The second-order valence-corrected chi connectivity index (χ2v) is 6.87. The van der Waals surface area contributed by atoms with Gasteiger partial charge in [0.25, 0.3) is 5.56 Å². The molecule has 0 aliphatic carbocycles. The molecule has 1 aromatic carbocycles. The molecule has 0 unspecified atom stereocenters. The largest absolute Gasteiger partial charge is 0.507 e. The highest BCUT2D eigenvalue weighted by Crippen LogP contribution is 2.27. The molecule has 0 saturated carbocycles. The number of phenolic OH excluding ortho intramolecular Hbond substituents is 1.